The summed E-state index contributed by atoms with van der Waals surface area (Å²) in [5.74, 6) is 0.626. The third-order valence-corrected chi connectivity index (χ3v) is 3.97. The van der Waals surface area contributed by atoms with Crippen LogP contribution in [0.25, 0.3) is 0 Å². The topological polar surface area (TPSA) is 37.8 Å². The molecule has 0 aliphatic rings. The van der Waals surface area contributed by atoms with Crippen LogP contribution in [0.2, 0.25) is 0 Å². The molecule has 0 spiro atoms. The van der Waals surface area contributed by atoms with E-state index in [-0.39, 0.29) is 0 Å². The van der Waals surface area contributed by atoms with Crippen molar-refractivity contribution >= 4 is 16.5 Å². The Balaban J connectivity index is 1.94. The Hall–Kier alpha value is -1.42. The lowest BCUT2D eigenvalue weighted by Gasteiger charge is -2.05. The van der Waals surface area contributed by atoms with Gasteiger partial charge in [-0.3, -0.25) is 0 Å². The quantitative estimate of drug-likeness (QED) is 0.897. The molecule has 0 radical (unpaired) electrons. The zero-order valence-corrected chi connectivity index (χ0v) is 12.8. The highest BCUT2D eigenvalue weighted by Gasteiger charge is 2.06. The lowest BCUT2D eigenvalue weighted by Crippen LogP contribution is -1.99. The fraction of sp³-hybridized carbons (Fsp3) is 0.467. The van der Waals surface area contributed by atoms with E-state index in [4.69, 9.17) is 0 Å². The Morgan fingerprint density at radius 3 is 2.63 bits per heavy atom. The van der Waals surface area contributed by atoms with Gasteiger partial charge in [0.1, 0.15) is 5.01 Å². The Morgan fingerprint density at radius 1 is 1.16 bits per heavy atom. The molecule has 2 aromatic rings. The number of anilines is 1. The molecule has 1 heterocycles. The van der Waals surface area contributed by atoms with E-state index in [0.29, 0.717) is 5.92 Å². The first-order valence-corrected chi connectivity index (χ1v) is 7.48. The Labute approximate surface area is 119 Å². The first kappa shape index (κ1) is 14.0. The van der Waals surface area contributed by atoms with Crippen LogP contribution in [-0.2, 0) is 13.0 Å². The molecule has 19 heavy (non-hydrogen) atoms. The van der Waals surface area contributed by atoms with Gasteiger partial charge in [-0.25, -0.2) is 0 Å². The second-order valence-corrected chi connectivity index (χ2v) is 6.43. The van der Waals surface area contributed by atoms with E-state index in [1.165, 1.54) is 16.7 Å². The summed E-state index contributed by atoms with van der Waals surface area (Å²) < 4.78 is 0. The number of hydrogen-bond donors (Lipinski definition) is 1. The predicted molar refractivity (Wildman–Crippen MR) is 81.7 cm³/mol. The minimum atomic E-state index is 0.626. The summed E-state index contributed by atoms with van der Waals surface area (Å²) >= 11 is 1.65. The van der Waals surface area contributed by atoms with Gasteiger partial charge in [0, 0.05) is 13.0 Å². The SMILES string of the molecule is Cc1ccc(CNc2nnc(CC(C)C)s2)cc1C. The zero-order chi connectivity index (χ0) is 13.8. The van der Waals surface area contributed by atoms with Crippen molar-refractivity contribution in [3.63, 3.8) is 0 Å². The maximum absolute atomic E-state index is 4.21. The highest BCUT2D eigenvalue weighted by molar-refractivity contribution is 7.15. The molecule has 0 aliphatic heterocycles. The summed E-state index contributed by atoms with van der Waals surface area (Å²) in [5.41, 5.74) is 3.94. The average Bonchev–Trinajstić information content (AvgIpc) is 2.77. The normalized spacial score (nSPS) is 11.0. The van der Waals surface area contributed by atoms with Crippen molar-refractivity contribution in [2.24, 2.45) is 5.92 Å². The largest absolute Gasteiger partial charge is 0.356 e. The molecule has 102 valence electrons. The maximum atomic E-state index is 4.21. The van der Waals surface area contributed by atoms with Crippen molar-refractivity contribution in [2.45, 2.75) is 40.7 Å². The molecule has 0 saturated heterocycles. The molecule has 0 amide bonds. The van der Waals surface area contributed by atoms with Crippen molar-refractivity contribution < 1.29 is 0 Å². The molecular weight excluding hydrogens is 254 g/mol. The first-order valence-electron chi connectivity index (χ1n) is 6.67. The average molecular weight is 275 g/mol. The van der Waals surface area contributed by atoms with Crippen molar-refractivity contribution in [3.8, 4) is 0 Å². The van der Waals surface area contributed by atoms with Crippen molar-refractivity contribution in [3.05, 3.63) is 39.9 Å². The van der Waals surface area contributed by atoms with Crippen molar-refractivity contribution in [2.75, 3.05) is 5.32 Å². The molecule has 0 bridgehead atoms. The van der Waals surface area contributed by atoms with Crippen LogP contribution in [0.5, 0.6) is 0 Å². The molecule has 2 rings (SSSR count). The third kappa shape index (κ3) is 4.03. The van der Waals surface area contributed by atoms with Gasteiger partial charge in [-0.1, -0.05) is 43.4 Å². The summed E-state index contributed by atoms with van der Waals surface area (Å²) in [6, 6.07) is 6.54. The molecule has 4 heteroatoms. The molecular formula is C15H21N3S. The van der Waals surface area contributed by atoms with Gasteiger partial charge in [-0.2, -0.15) is 0 Å². The monoisotopic (exact) mass is 275 g/mol. The van der Waals surface area contributed by atoms with Gasteiger partial charge in [0.2, 0.25) is 5.13 Å². The molecule has 0 aliphatic carbocycles. The minimum absolute atomic E-state index is 0.626. The second-order valence-electron chi connectivity index (χ2n) is 5.37. The Morgan fingerprint density at radius 2 is 1.95 bits per heavy atom. The van der Waals surface area contributed by atoms with Crippen LogP contribution < -0.4 is 5.32 Å². The fourth-order valence-corrected chi connectivity index (χ4v) is 2.80. The van der Waals surface area contributed by atoms with Gasteiger partial charge in [0.15, 0.2) is 0 Å². The fourth-order valence-electron chi connectivity index (χ4n) is 1.85. The van der Waals surface area contributed by atoms with Crippen molar-refractivity contribution in [1.82, 2.24) is 10.2 Å². The molecule has 3 nitrogen and oxygen atoms in total. The Kier molecular flexibility index (Phi) is 4.53. The summed E-state index contributed by atoms with van der Waals surface area (Å²) in [7, 11) is 0. The minimum Gasteiger partial charge on any atom is -0.356 e. The molecule has 1 aromatic carbocycles. The van der Waals surface area contributed by atoms with E-state index < -0.39 is 0 Å². The molecule has 0 saturated carbocycles. The number of aromatic nitrogens is 2. The summed E-state index contributed by atoms with van der Waals surface area (Å²) in [6.07, 6.45) is 1.00. The Bertz CT molecular complexity index is 546. The smallest absolute Gasteiger partial charge is 0.205 e. The molecule has 0 fully saturated rings. The highest BCUT2D eigenvalue weighted by Crippen LogP contribution is 2.19. The lowest BCUT2D eigenvalue weighted by atomic mass is 10.1. The number of hydrogen-bond acceptors (Lipinski definition) is 4. The van der Waals surface area contributed by atoms with E-state index in [1.54, 1.807) is 11.3 Å². The predicted octanol–water partition coefficient (Wildman–Crippen LogP) is 3.97. The van der Waals surface area contributed by atoms with Gasteiger partial charge >= 0.3 is 0 Å². The van der Waals surface area contributed by atoms with Crippen LogP contribution in [-0.4, -0.2) is 10.2 Å². The number of benzene rings is 1. The van der Waals surface area contributed by atoms with Gasteiger partial charge in [-0.05, 0) is 36.5 Å². The van der Waals surface area contributed by atoms with Gasteiger partial charge < -0.3 is 5.32 Å². The lowest BCUT2D eigenvalue weighted by molar-refractivity contribution is 0.640. The summed E-state index contributed by atoms with van der Waals surface area (Å²) in [4.78, 5) is 0. The first-order chi connectivity index (χ1) is 9.04. The molecule has 0 atom stereocenters. The van der Waals surface area contributed by atoms with E-state index in [2.05, 4.69) is 61.4 Å². The van der Waals surface area contributed by atoms with Crippen LogP contribution in [0, 0.1) is 19.8 Å². The van der Waals surface area contributed by atoms with Gasteiger partial charge in [-0.15, -0.1) is 10.2 Å². The number of rotatable bonds is 5. The van der Waals surface area contributed by atoms with E-state index in [0.717, 1.165) is 23.1 Å². The van der Waals surface area contributed by atoms with Crippen LogP contribution in [0.1, 0.15) is 35.5 Å². The number of aryl methyl sites for hydroxylation is 2. The van der Waals surface area contributed by atoms with Gasteiger partial charge in [0.05, 0.1) is 0 Å². The van der Waals surface area contributed by atoms with Crippen LogP contribution in [0.3, 0.4) is 0 Å². The van der Waals surface area contributed by atoms with Crippen LogP contribution in [0.15, 0.2) is 18.2 Å². The number of nitrogens with zero attached hydrogens (tertiary/aromatic N) is 2. The molecule has 1 aromatic heterocycles. The third-order valence-electron chi connectivity index (χ3n) is 3.06. The molecule has 1 N–H and O–H groups in total. The van der Waals surface area contributed by atoms with Crippen LogP contribution >= 0.6 is 11.3 Å². The van der Waals surface area contributed by atoms with E-state index in [1.807, 2.05) is 0 Å². The highest BCUT2D eigenvalue weighted by atomic mass is 32.1. The van der Waals surface area contributed by atoms with Crippen LogP contribution in [0.4, 0.5) is 5.13 Å². The zero-order valence-electron chi connectivity index (χ0n) is 12.0. The molecule has 0 unspecified atom stereocenters. The number of nitrogens with one attached hydrogen (secondary N) is 1. The summed E-state index contributed by atoms with van der Waals surface area (Å²) in [5, 5.41) is 13.8. The maximum Gasteiger partial charge on any atom is 0.205 e. The van der Waals surface area contributed by atoms with E-state index >= 15 is 0 Å². The van der Waals surface area contributed by atoms with E-state index in [9.17, 15) is 0 Å². The van der Waals surface area contributed by atoms with Gasteiger partial charge in [0.25, 0.3) is 0 Å². The summed E-state index contributed by atoms with van der Waals surface area (Å²) in [6.45, 7) is 9.48. The second kappa shape index (κ2) is 6.15. The van der Waals surface area contributed by atoms with Crippen molar-refractivity contribution in [1.29, 1.82) is 0 Å². The standard InChI is InChI=1S/C15H21N3S/c1-10(2)7-14-17-18-15(19-14)16-9-13-6-5-11(3)12(4)8-13/h5-6,8,10H,7,9H2,1-4H3,(H,16,18).